The van der Waals surface area contributed by atoms with Gasteiger partial charge < -0.3 is 5.32 Å². The predicted molar refractivity (Wildman–Crippen MR) is 130 cm³/mol. The van der Waals surface area contributed by atoms with Crippen LogP contribution in [0.4, 0.5) is 0 Å². The zero-order chi connectivity index (χ0) is 23.2. The maximum atomic E-state index is 13.5. The standard InChI is InChI=1S/C24H28ClN7O/c1-3-20(31(12-11-26-2)15-18-9-10-21(25)27-13-18)23-29-22-19(14-28-30-22)24(33)32(23)16-17-7-5-4-6-8-17/h4-10,13-14,20,26H,3,11-12,15-16H2,1-2H3,(H,28,30). The van der Waals surface area contributed by atoms with Crippen LogP contribution in [0.1, 0.15) is 36.3 Å². The molecule has 3 heterocycles. The zero-order valence-corrected chi connectivity index (χ0v) is 19.6. The average molecular weight is 466 g/mol. The number of aromatic nitrogens is 5. The fraction of sp³-hybridized carbons (Fsp3) is 0.333. The van der Waals surface area contributed by atoms with E-state index in [-0.39, 0.29) is 11.6 Å². The van der Waals surface area contributed by atoms with E-state index in [0.29, 0.717) is 29.3 Å². The van der Waals surface area contributed by atoms with Gasteiger partial charge in [-0.05, 0) is 30.7 Å². The average Bonchev–Trinajstić information content (AvgIpc) is 3.31. The number of rotatable bonds is 10. The zero-order valence-electron chi connectivity index (χ0n) is 18.8. The molecule has 0 aliphatic heterocycles. The van der Waals surface area contributed by atoms with E-state index in [0.717, 1.165) is 36.5 Å². The maximum Gasteiger partial charge on any atom is 0.265 e. The van der Waals surface area contributed by atoms with Crippen LogP contribution in [0.5, 0.6) is 0 Å². The normalized spacial score (nSPS) is 12.5. The number of halogens is 1. The van der Waals surface area contributed by atoms with Crippen molar-refractivity contribution >= 4 is 22.6 Å². The van der Waals surface area contributed by atoms with Crippen molar-refractivity contribution in [2.75, 3.05) is 20.1 Å². The highest BCUT2D eigenvalue weighted by atomic mass is 35.5. The number of aromatic amines is 1. The van der Waals surface area contributed by atoms with Crippen molar-refractivity contribution in [2.45, 2.75) is 32.5 Å². The molecule has 0 saturated heterocycles. The van der Waals surface area contributed by atoms with Gasteiger partial charge in [-0.15, -0.1) is 0 Å². The summed E-state index contributed by atoms with van der Waals surface area (Å²) in [5.74, 6) is 0.723. The van der Waals surface area contributed by atoms with Gasteiger partial charge in [-0.2, -0.15) is 5.10 Å². The van der Waals surface area contributed by atoms with Crippen molar-refractivity contribution in [3.63, 3.8) is 0 Å². The molecule has 1 aromatic carbocycles. The van der Waals surface area contributed by atoms with Crippen LogP contribution in [0.25, 0.3) is 11.0 Å². The number of hydrogen-bond donors (Lipinski definition) is 2. The van der Waals surface area contributed by atoms with Crippen molar-refractivity contribution in [1.29, 1.82) is 0 Å². The molecule has 0 bridgehead atoms. The maximum absolute atomic E-state index is 13.5. The Hall–Kier alpha value is -3.07. The molecule has 1 atom stereocenters. The van der Waals surface area contributed by atoms with Crippen molar-refractivity contribution in [3.05, 3.63) is 87.3 Å². The van der Waals surface area contributed by atoms with Crippen LogP contribution in [-0.4, -0.2) is 49.8 Å². The summed E-state index contributed by atoms with van der Waals surface area (Å²) in [5, 5.41) is 11.1. The summed E-state index contributed by atoms with van der Waals surface area (Å²) < 4.78 is 1.79. The molecule has 0 aliphatic carbocycles. The summed E-state index contributed by atoms with van der Waals surface area (Å²) >= 11 is 5.99. The first-order valence-corrected chi connectivity index (χ1v) is 11.4. The summed E-state index contributed by atoms with van der Waals surface area (Å²) in [6, 6.07) is 13.7. The number of likely N-dealkylation sites (N-methyl/N-ethyl adjacent to an activating group) is 1. The number of nitrogens with one attached hydrogen (secondary N) is 2. The quantitative estimate of drug-likeness (QED) is 0.349. The van der Waals surface area contributed by atoms with Crippen molar-refractivity contribution in [2.24, 2.45) is 0 Å². The number of H-pyrrole nitrogens is 1. The van der Waals surface area contributed by atoms with Crippen LogP contribution < -0.4 is 10.9 Å². The van der Waals surface area contributed by atoms with E-state index in [4.69, 9.17) is 16.6 Å². The van der Waals surface area contributed by atoms with Crippen molar-refractivity contribution < 1.29 is 0 Å². The number of fused-ring (bicyclic) bond motifs is 1. The fourth-order valence-corrected chi connectivity index (χ4v) is 4.17. The van der Waals surface area contributed by atoms with Crippen molar-refractivity contribution in [1.82, 2.24) is 34.9 Å². The summed E-state index contributed by atoms with van der Waals surface area (Å²) in [7, 11) is 1.93. The molecular weight excluding hydrogens is 438 g/mol. The number of hydrogen-bond acceptors (Lipinski definition) is 6. The number of benzene rings is 1. The number of pyridine rings is 1. The summed E-state index contributed by atoms with van der Waals surface area (Å²) in [6.45, 7) is 4.80. The van der Waals surface area contributed by atoms with Crippen LogP contribution in [0.3, 0.4) is 0 Å². The van der Waals surface area contributed by atoms with Crippen molar-refractivity contribution in [3.8, 4) is 0 Å². The van der Waals surface area contributed by atoms with E-state index >= 15 is 0 Å². The van der Waals surface area contributed by atoms with Gasteiger partial charge in [-0.25, -0.2) is 9.97 Å². The Morgan fingerprint density at radius 1 is 1.15 bits per heavy atom. The Balaban J connectivity index is 1.78. The van der Waals surface area contributed by atoms with Gasteiger partial charge in [0.15, 0.2) is 5.65 Å². The smallest absolute Gasteiger partial charge is 0.265 e. The summed E-state index contributed by atoms with van der Waals surface area (Å²) in [5.41, 5.74) is 2.52. The molecule has 3 aromatic heterocycles. The first kappa shape index (κ1) is 23.1. The molecule has 9 heteroatoms. The minimum atomic E-state index is -0.0900. The molecular formula is C24H28ClN7O. The Labute approximate surface area is 197 Å². The van der Waals surface area contributed by atoms with Crippen LogP contribution in [0, 0.1) is 0 Å². The van der Waals surface area contributed by atoms with E-state index in [1.54, 1.807) is 23.0 Å². The Bertz CT molecular complexity index is 1240. The molecule has 4 aromatic rings. The molecule has 2 N–H and O–H groups in total. The molecule has 0 fully saturated rings. The summed E-state index contributed by atoms with van der Waals surface area (Å²) in [6.07, 6.45) is 4.13. The highest BCUT2D eigenvalue weighted by Gasteiger charge is 2.25. The van der Waals surface area contributed by atoms with Gasteiger partial charge in [0.05, 0.1) is 18.8 Å². The molecule has 0 aliphatic rings. The lowest BCUT2D eigenvalue weighted by Gasteiger charge is -2.32. The minimum Gasteiger partial charge on any atom is -0.318 e. The molecule has 0 radical (unpaired) electrons. The molecule has 0 amide bonds. The molecule has 172 valence electrons. The topological polar surface area (TPSA) is 91.7 Å². The molecule has 8 nitrogen and oxygen atoms in total. The third kappa shape index (κ3) is 5.30. The minimum absolute atomic E-state index is 0.0851. The number of nitrogens with zero attached hydrogens (tertiary/aromatic N) is 5. The molecule has 0 saturated carbocycles. The highest BCUT2D eigenvalue weighted by molar-refractivity contribution is 6.29. The van der Waals surface area contributed by atoms with Gasteiger partial charge in [0.2, 0.25) is 0 Å². The largest absolute Gasteiger partial charge is 0.318 e. The van der Waals surface area contributed by atoms with E-state index in [1.807, 2.05) is 43.4 Å². The van der Waals surface area contributed by atoms with Gasteiger partial charge in [0.1, 0.15) is 16.4 Å². The monoisotopic (exact) mass is 465 g/mol. The molecule has 1 unspecified atom stereocenters. The Kier molecular flexibility index (Phi) is 7.49. The predicted octanol–water partition coefficient (Wildman–Crippen LogP) is 3.39. The van der Waals surface area contributed by atoms with E-state index in [1.165, 1.54) is 0 Å². The first-order chi connectivity index (χ1) is 16.1. The summed E-state index contributed by atoms with van der Waals surface area (Å²) in [4.78, 5) is 24.9. The lowest BCUT2D eigenvalue weighted by molar-refractivity contribution is 0.172. The third-order valence-corrected chi connectivity index (χ3v) is 5.95. The van der Waals surface area contributed by atoms with Gasteiger partial charge in [0.25, 0.3) is 5.56 Å². The van der Waals surface area contributed by atoms with Crippen LogP contribution in [0.2, 0.25) is 5.15 Å². The van der Waals surface area contributed by atoms with Crippen LogP contribution in [0.15, 0.2) is 59.7 Å². The molecule has 4 rings (SSSR count). The van der Waals surface area contributed by atoms with Gasteiger partial charge >= 0.3 is 0 Å². The second-order valence-corrected chi connectivity index (χ2v) is 8.35. The Morgan fingerprint density at radius 2 is 1.97 bits per heavy atom. The van der Waals surface area contributed by atoms with E-state index in [2.05, 4.69) is 32.3 Å². The fourth-order valence-electron chi connectivity index (χ4n) is 4.06. The van der Waals surface area contributed by atoms with E-state index in [9.17, 15) is 4.79 Å². The second-order valence-electron chi connectivity index (χ2n) is 7.97. The second kappa shape index (κ2) is 10.7. The third-order valence-electron chi connectivity index (χ3n) is 5.73. The van der Waals surface area contributed by atoms with Gasteiger partial charge in [-0.1, -0.05) is 54.9 Å². The van der Waals surface area contributed by atoms with E-state index < -0.39 is 0 Å². The van der Waals surface area contributed by atoms with Gasteiger partial charge in [-0.3, -0.25) is 19.4 Å². The SMILES string of the molecule is CCC(c1nc2[nH]ncc2c(=O)n1Cc1ccccc1)N(CCNC)Cc1ccc(Cl)nc1. The highest BCUT2D eigenvalue weighted by Crippen LogP contribution is 2.25. The first-order valence-electron chi connectivity index (χ1n) is 11.1. The van der Waals surface area contributed by atoms with Gasteiger partial charge in [0, 0.05) is 25.8 Å². The lowest BCUT2D eigenvalue weighted by atomic mass is 10.1. The molecule has 0 spiro atoms. The Morgan fingerprint density at radius 3 is 2.67 bits per heavy atom. The lowest BCUT2D eigenvalue weighted by Crippen LogP contribution is -2.38. The van der Waals surface area contributed by atoms with Crippen LogP contribution in [-0.2, 0) is 13.1 Å². The van der Waals surface area contributed by atoms with Crippen LogP contribution >= 0.6 is 11.6 Å². The molecule has 33 heavy (non-hydrogen) atoms.